The van der Waals surface area contributed by atoms with Crippen LogP contribution in [0.2, 0.25) is 0 Å². The van der Waals surface area contributed by atoms with Gasteiger partial charge < -0.3 is 4.40 Å². The van der Waals surface area contributed by atoms with E-state index in [4.69, 9.17) is 4.98 Å². The van der Waals surface area contributed by atoms with Gasteiger partial charge in [-0.15, -0.1) is 0 Å². The Labute approximate surface area is 128 Å². The van der Waals surface area contributed by atoms with Gasteiger partial charge in [0.1, 0.15) is 5.65 Å². The van der Waals surface area contributed by atoms with Crippen LogP contribution in [-0.4, -0.2) is 9.38 Å². The second-order valence-corrected chi connectivity index (χ2v) is 5.20. The third-order valence-electron chi connectivity index (χ3n) is 3.92. The van der Waals surface area contributed by atoms with Crippen LogP contribution in [0.25, 0.3) is 27.7 Å². The number of benzene rings is 2. The molecule has 0 unspecified atom stereocenters. The van der Waals surface area contributed by atoms with Crippen LogP contribution in [0.5, 0.6) is 0 Å². The number of aromatic nitrogens is 2. The van der Waals surface area contributed by atoms with E-state index in [0.29, 0.717) is 6.42 Å². The van der Waals surface area contributed by atoms with Gasteiger partial charge in [-0.25, -0.2) is 4.98 Å². The van der Waals surface area contributed by atoms with Crippen molar-refractivity contribution in [3.05, 3.63) is 72.6 Å². The summed E-state index contributed by atoms with van der Waals surface area (Å²) < 4.78 is 2.00. The average molecular weight is 283 g/mol. The van der Waals surface area contributed by atoms with Crippen LogP contribution in [-0.2, 0) is 6.42 Å². The lowest BCUT2D eigenvalue weighted by molar-refractivity contribution is 1.06. The number of imidazole rings is 1. The highest BCUT2D eigenvalue weighted by atomic mass is 15.0. The first-order chi connectivity index (χ1) is 10.9. The average Bonchev–Trinajstić information content (AvgIpc) is 2.93. The third kappa shape index (κ3) is 1.86. The Hall–Kier alpha value is -3.12. The van der Waals surface area contributed by atoms with Crippen molar-refractivity contribution in [3.8, 4) is 17.3 Å². The number of nitrogens with zero attached hydrogens (tertiary/aromatic N) is 3. The van der Waals surface area contributed by atoms with E-state index in [1.807, 2.05) is 47.0 Å². The summed E-state index contributed by atoms with van der Waals surface area (Å²) in [5, 5.41) is 11.5. The highest BCUT2D eigenvalue weighted by molar-refractivity contribution is 5.96. The Balaban J connectivity index is 2.08. The first-order valence-electron chi connectivity index (χ1n) is 7.19. The van der Waals surface area contributed by atoms with E-state index in [0.717, 1.165) is 28.0 Å². The van der Waals surface area contributed by atoms with Gasteiger partial charge in [0.25, 0.3) is 0 Å². The number of pyridine rings is 1. The van der Waals surface area contributed by atoms with Crippen molar-refractivity contribution in [1.82, 2.24) is 9.38 Å². The molecule has 0 N–H and O–H groups in total. The van der Waals surface area contributed by atoms with Gasteiger partial charge in [0, 0.05) is 11.8 Å². The maximum atomic E-state index is 9.19. The second kappa shape index (κ2) is 5.01. The minimum atomic E-state index is 0.337. The smallest absolute Gasteiger partial charge is 0.137 e. The van der Waals surface area contributed by atoms with Crippen LogP contribution in [0.3, 0.4) is 0 Å². The molecule has 0 saturated carbocycles. The fourth-order valence-corrected chi connectivity index (χ4v) is 2.94. The minimum absolute atomic E-state index is 0.337. The van der Waals surface area contributed by atoms with Gasteiger partial charge in [-0.3, -0.25) is 0 Å². The molecule has 0 spiro atoms. The topological polar surface area (TPSA) is 41.1 Å². The lowest BCUT2D eigenvalue weighted by Gasteiger charge is -2.06. The molecule has 0 amide bonds. The van der Waals surface area contributed by atoms with Crippen molar-refractivity contribution in [2.45, 2.75) is 6.42 Å². The molecule has 0 bridgehead atoms. The van der Waals surface area contributed by atoms with Crippen LogP contribution in [0.1, 0.15) is 5.69 Å². The molecule has 0 aliphatic carbocycles. The lowest BCUT2D eigenvalue weighted by Crippen LogP contribution is -1.93. The molecule has 0 saturated heterocycles. The summed E-state index contributed by atoms with van der Waals surface area (Å²) in [6.45, 7) is 0. The first-order valence-corrected chi connectivity index (χ1v) is 7.19. The zero-order chi connectivity index (χ0) is 14.9. The molecule has 0 aliphatic rings. The van der Waals surface area contributed by atoms with Gasteiger partial charge in [0.05, 0.1) is 23.9 Å². The molecule has 3 nitrogen and oxygen atoms in total. The molecule has 0 aliphatic heterocycles. The Morgan fingerprint density at radius 2 is 1.77 bits per heavy atom. The predicted molar refractivity (Wildman–Crippen MR) is 87.5 cm³/mol. The molecular weight excluding hydrogens is 270 g/mol. The van der Waals surface area contributed by atoms with E-state index in [9.17, 15) is 5.26 Å². The fraction of sp³-hybridized carbons (Fsp3) is 0.0526. The highest BCUT2D eigenvalue weighted by Gasteiger charge is 2.15. The number of hydrogen-bond acceptors (Lipinski definition) is 2. The quantitative estimate of drug-likeness (QED) is 0.552. The maximum absolute atomic E-state index is 9.19. The van der Waals surface area contributed by atoms with Gasteiger partial charge in [-0.05, 0) is 22.9 Å². The number of nitriles is 1. The highest BCUT2D eigenvalue weighted by Crippen LogP contribution is 2.31. The monoisotopic (exact) mass is 283 g/mol. The van der Waals surface area contributed by atoms with Crippen molar-refractivity contribution < 1.29 is 0 Å². The summed E-state index contributed by atoms with van der Waals surface area (Å²) >= 11 is 0. The number of rotatable bonds is 2. The minimum Gasteiger partial charge on any atom is -0.302 e. The Morgan fingerprint density at radius 3 is 2.68 bits per heavy atom. The zero-order valence-corrected chi connectivity index (χ0v) is 11.9. The van der Waals surface area contributed by atoms with E-state index in [1.165, 1.54) is 5.39 Å². The maximum Gasteiger partial charge on any atom is 0.137 e. The van der Waals surface area contributed by atoms with Crippen LogP contribution in [0.4, 0.5) is 0 Å². The molecule has 4 rings (SSSR count). The summed E-state index contributed by atoms with van der Waals surface area (Å²) in [5.74, 6) is 0. The molecule has 0 atom stereocenters. The van der Waals surface area contributed by atoms with Gasteiger partial charge >= 0.3 is 0 Å². The summed E-state index contributed by atoms with van der Waals surface area (Å²) in [4.78, 5) is 4.76. The Bertz CT molecular complexity index is 1020. The molecule has 22 heavy (non-hydrogen) atoms. The van der Waals surface area contributed by atoms with Gasteiger partial charge in [0.15, 0.2) is 0 Å². The molecular formula is C19H13N3. The van der Waals surface area contributed by atoms with Crippen molar-refractivity contribution in [2.24, 2.45) is 0 Å². The molecule has 104 valence electrons. The fourth-order valence-electron chi connectivity index (χ4n) is 2.94. The summed E-state index contributed by atoms with van der Waals surface area (Å²) in [6, 6.07) is 22.6. The lowest BCUT2D eigenvalue weighted by atomic mass is 10.0. The number of hydrogen-bond donors (Lipinski definition) is 0. The zero-order valence-electron chi connectivity index (χ0n) is 11.9. The normalized spacial score (nSPS) is 10.9. The molecule has 0 fully saturated rings. The van der Waals surface area contributed by atoms with Gasteiger partial charge in [0.2, 0.25) is 0 Å². The molecule has 4 aromatic rings. The first kappa shape index (κ1) is 12.6. The predicted octanol–water partition coefficient (Wildman–Crippen LogP) is 4.22. The Kier molecular flexibility index (Phi) is 2.87. The van der Waals surface area contributed by atoms with E-state index >= 15 is 0 Å². The summed E-state index contributed by atoms with van der Waals surface area (Å²) in [6.07, 6.45) is 2.30. The van der Waals surface area contributed by atoms with E-state index in [-0.39, 0.29) is 0 Å². The van der Waals surface area contributed by atoms with Crippen LogP contribution in [0, 0.1) is 11.3 Å². The van der Waals surface area contributed by atoms with E-state index in [1.54, 1.807) is 0 Å². The standard InChI is InChI=1S/C19H13N3/c20-12-11-17-19(21-18-10-3-4-13-22(17)18)16-9-5-7-14-6-1-2-8-15(14)16/h1-10,13H,11H2. The molecule has 3 heteroatoms. The molecule has 0 radical (unpaired) electrons. The molecule has 2 aromatic carbocycles. The van der Waals surface area contributed by atoms with Crippen LogP contribution in [0.15, 0.2) is 66.9 Å². The molecule has 2 heterocycles. The molecule has 2 aromatic heterocycles. The third-order valence-corrected chi connectivity index (χ3v) is 3.92. The van der Waals surface area contributed by atoms with Crippen molar-refractivity contribution in [3.63, 3.8) is 0 Å². The van der Waals surface area contributed by atoms with Crippen LogP contribution >= 0.6 is 0 Å². The van der Waals surface area contributed by atoms with Crippen LogP contribution < -0.4 is 0 Å². The van der Waals surface area contributed by atoms with Crippen molar-refractivity contribution >= 4 is 16.4 Å². The van der Waals surface area contributed by atoms with Gasteiger partial charge in [-0.2, -0.15) is 5.26 Å². The number of fused-ring (bicyclic) bond motifs is 2. The largest absolute Gasteiger partial charge is 0.302 e. The second-order valence-electron chi connectivity index (χ2n) is 5.20. The SMILES string of the molecule is N#CCc1c(-c2cccc3ccccc23)nc2ccccn12. The Morgan fingerprint density at radius 1 is 0.955 bits per heavy atom. The van der Waals surface area contributed by atoms with E-state index in [2.05, 4.69) is 30.3 Å². The van der Waals surface area contributed by atoms with Gasteiger partial charge in [-0.1, -0.05) is 48.5 Å². The van der Waals surface area contributed by atoms with E-state index < -0.39 is 0 Å². The summed E-state index contributed by atoms with van der Waals surface area (Å²) in [7, 11) is 0. The van der Waals surface area contributed by atoms with Crippen molar-refractivity contribution in [2.75, 3.05) is 0 Å². The van der Waals surface area contributed by atoms with Crippen molar-refractivity contribution in [1.29, 1.82) is 5.26 Å². The summed E-state index contributed by atoms with van der Waals surface area (Å²) in [5.41, 5.74) is 3.78.